The predicted molar refractivity (Wildman–Crippen MR) is 78.1 cm³/mol. The van der Waals surface area contributed by atoms with Gasteiger partial charge in [-0.2, -0.15) is 0 Å². The van der Waals surface area contributed by atoms with Crippen LogP contribution in [0.4, 0.5) is 0 Å². The third kappa shape index (κ3) is 3.63. The summed E-state index contributed by atoms with van der Waals surface area (Å²) in [5.41, 5.74) is 8.53. The quantitative estimate of drug-likeness (QED) is 0.910. The van der Waals surface area contributed by atoms with E-state index in [9.17, 15) is 0 Å². The average molecular weight is 263 g/mol. The molecule has 1 aromatic carbocycles. The van der Waals surface area contributed by atoms with Crippen LogP contribution in [0.2, 0.25) is 0 Å². The highest BCUT2D eigenvalue weighted by Crippen LogP contribution is 2.36. The van der Waals surface area contributed by atoms with E-state index in [1.54, 1.807) is 0 Å². The van der Waals surface area contributed by atoms with Crippen LogP contribution >= 0.6 is 0 Å². The number of ether oxygens (including phenoxy) is 2. The summed E-state index contributed by atoms with van der Waals surface area (Å²) in [6.45, 7) is 9.96. The van der Waals surface area contributed by atoms with Gasteiger partial charge in [0.15, 0.2) is 11.5 Å². The molecule has 0 radical (unpaired) electrons. The fourth-order valence-electron chi connectivity index (χ4n) is 2.45. The molecule has 106 valence electrons. The molecule has 0 saturated heterocycles. The molecular formula is C16H25NO2. The summed E-state index contributed by atoms with van der Waals surface area (Å²) >= 11 is 0. The van der Waals surface area contributed by atoms with Crippen molar-refractivity contribution in [2.75, 3.05) is 13.2 Å². The van der Waals surface area contributed by atoms with Gasteiger partial charge in [0.25, 0.3) is 0 Å². The first-order valence-corrected chi connectivity index (χ1v) is 7.08. The van der Waals surface area contributed by atoms with E-state index in [-0.39, 0.29) is 5.54 Å². The van der Waals surface area contributed by atoms with Crippen LogP contribution in [0.5, 0.6) is 11.5 Å². The first-order chi connectivity index (χ1) is 8.87. The number of benzene rings is 1. The van der Waals surface area contributed by atoms with E-state index in [2.05, 4.69) is 39.8 Å². The number of fused-ring (bicyclic) bond motifs is 1. The Kier molecular flexibility index (Phi) is 4.04. The van der Waals surface area contributed by atoms with Crippen molar-refractivity contribution in [2.45, 2.75) is 52.0 Å². The molecule has 0 fully saturated rings. The summed E-state index contributed by atoms with van der Waals surface area (Å²) < 4.78 is 11.5. The van der Waals surface area contributed by atoms with Crippen molar-refractivity contribution in [2.24, 2.45) is 5.73 Å². The summed E-state index contributed by atoms with van der Waals surface area (Å²) in [5.74, 6) is 2.19. The molecule has 0 bridgehead atoms. The van der Waals surface area contributed by atoms with E-state index < -0.39 is 0 Å². The van der Waals surface area contributed by atoms with Crippen molar-refractivity contribution in [3.63, 3.8) is 0 Å². The number of rotatable bonds is 3. The average Bonchev–Trinajstić information content (AvgIpc) is 2.50. The molecule has 1 aliphatic heterocycles. The molecule has 0 spiro atoms. The molecule has 1 aromatic rings. The largest absolute Gasteiger partial charge is 0.490 e. The van der Waals surface area contributed by atoms with Crippen LogP contribution < -0.4 is 15.2 Å². The molecule has 2 rings (SSSR count). The zero-order chi connectivity index (χ0) is 14.0. The van der Waals surface area contributed by atoms with Crippen LogP contribution in [0.25, 0.3) is 0 Å². The van der Waals surface area contributed by atoms with E-state index in [0.29, 0.717) is 5.92 Å². The molecule has 0 aromatic heterocycles. The lowest BCUT2D eigenvalue weighted by molar-refractivity contribution is 0.297. The smallest absolute Gasteiger partial charge is 0.161 e. The summed E-state index contributed by atoms with van der Waals surface area (Å²) in [7, 11) is 0. The van der Waals surface area contributed by atoms with Crippen LogP contribution in [0, 0.1) is 0 Å². The second-order valence-corrected chi connectivity index (χ2v) is 6.37. The lowest BCUT2D eigenvalue weighted by Crippen LogP contribution is -2.34. The van der Waals surface area contributed by atoms with Crippen LogP contribution in [0.3, 0.4) is 0 Å². The van der Waals surface area contributed by atoms with Crippen molar-refractivity contribution in [3.8, 4) is 11.5 Å². The van der Waals surface area contributed by atoms with Crippen LogP contribution in [-0.4, -0.2) is 18.8 Å². The Bertz CT molecular complexity index is 447. The monoisotopic (exact) mass is 263 g/mol. The zero-order valence-corrected chi connectivity index (χ0v) is 12.5. The third-order valence-corrected chi connectivity index (χ3v) is 3.28. The molecule has 1 aliphatic rings. The Morgan fingerprint density at radius 1 is 1.16 bits per heavy atom. The third-order valence-electron chi connectivity index (χ3n) is 3.28. The van der Waals surface area contributed by atoms with Gasteiger partial charge in [0, 0.05) is 12.0 Å². The van der Waals surface area contributed by atoms with Gasteiger partial charge in [-0.15, -0.1) is 0 Å². The van der Waals surface area contributed by atoms with E-state index >= 15 is 0 Å². The maximum atomic E-state index is 6.17. The van der Waals surface area contributed by atoms with Crippen LogP contribution in [-0.2, 0) is 6.42 Å². The SMILES string of the molecule is CC(C)c1cc2c(cc1CC(C)(C)N)OCCCO2. The van der Waals surface area contributed by atoms with Gasteiger partial charge in [-0.1, -0.05) is 13.8 Å². The molecule has 0 aliphatic carbocycles. The summed E-state index contributed by atoms with van der Waals surface area (Å²) in [4.78, 5) is 0. The van der Waals surface area contributed by atoms with Crippen molar-refractivity contribution in [3.05, 3.63) is 23.3 Å². The van der Waals surface area contributed by atoms with Crippen molar-refractivity contribution in [1.29, 1.82) is 0 Å². The summed E-state index contributed by atoms with van der Waals surface area (Å²) in [6, 6.07) is 4.25. The second kappa shape index (κ2) is 5.41. The van der Waals surface area contributed by atoms with Crippen molar-refractivity contribution >= 4 is 0 Å². The molecule has 1 heterocycles. The molecule has 0 atom stereocenters. The Morgan fingerprint density at radius 3 is 2.26 bits per heavy atom. The molecule has 0 unspecified atom stereocenters. The van der Waals surface area contributed by atoms with Gasteiger partial charge in [-0.05, 0) is 49.4 Å². The number of nitrogens with two attached hydrogens (primary N) is 1. The molecule has 0 amide bonds. The highest BCUT2D eigenvalue weighted by Gasteiger charge is 2.20. The molecule has 19 heavy (non-hydrogen) atoms. The summed E-state index contributed by atoms with van der Waals surface area (Å²) in [6.07, 6.45) is 1.78. The first kappa shape index (κ1) is 14.2. The molecule has 3 heteroatoms. The first-order valence-electron chi connectivity index (χ1n) is 7.08. The maximum Gasteiger partial charge on any atom is 0.161 e. The number of hydrogen-bond donors (Lipinski definition) is 1. The van der Waals surface area contributed by atoms with Gasteiger partial charge in [0.2, 0.25) is 0 Å². The van der Waals surface area contributed by atoms with E-state index in [4.69, 9.17) is 15.2 Å². The van der Waals surface area contributed by atoms with Gasteiger partial charge >= 0.3 is 0 Å². The van der Waals surface area contributed by atoms with E-state index in [1.165, 1.54) is 11.1 Å². The van der Waals surface area contributed by atoms with Gasteiger partial charge in [-0.3, -0.25) is 0 Å². The Morgan fingerprint density at radius 2 is 1.74 bits per heavy atom. The van der Waals surface area contributed by atoms with E-state index in [0.717, 1.165) is 37.6 Å². The van der Waals surface area contributed by atoms with Crippen molar-refractivity contribution in [1.82, 2.24) is 0 Å². The Balaban J connectivity index is 2.42. The highest BCUT2D eigenvalue weighted by atomic mass is 16.5. The van der Waals surface area contributed by atoms with Crippen molar-refractivity contribution < 1.29 is 9.47 Å². The standard InChI is InChI=1S/C16H25NO2/c1-11(2)13-9-15-14(18-6-5-7-19-15)8-12(13)10-16(3,4)17/h8-9,11H,5-7,10,17H2,1-4H3. The van der Waals surface area contributed by atoms with Crippen LogP contribution in [0.1, 0.15) is 51.2 Å². The molecular weight excluding hydrogens is 238 g/mol. The highest BCUT2D eigenvalue weighted by molar-refractivity contribution is 5.49. The Hall–Kier alpha value is -1.22. The van der Waals surface area contributed by atoms with Gasteiger partial charge < -0.3 is 15.2 Å². The minimum absolute atomic E-state index is 0.219. The van der Waals surface area contributed by atoms with Crippen LogP contribution in [0.15, 0.2) is 12.1 Å². The zero-order valence-electron chi connectivity index (χ0n) is 12.5. The molecule has 2 N–H and O–H groups in total. The van der Waals surface area contributed by atoms with Gasteiger partial charge in [-0.25, -0.2) is 0 Å². The number of hydrogen-bond acceptors (Lipinski definition) is 3. The second-order valence-electron chi connectivity index (χ2n) is 6.37. The minimum atomic E-state index is -0.219. The fraction of sp³-hybridized carbons (Fsp3) is 0.625. The molecule has 0 saturated carbocycles. The summed E-state index contributed by atoms with van der Waals surface area (Å²) in [5, 5.41) is 0. The minimum Gasteiger partial charge on any atom is -0.490 e. The maximum absolute atomic E-state index is 6.17. The topological polar surface area (TPSA) is 44.5 Å². The lowest BCUT2D eigenvalue weighted by atomic mass is 9.88. The predicted octanol–water partition coefficient (Wildman–Crippen LogP) is 3.25. The fourth-order valence-corrected chi connectivity index (χ4v) is 2.45. The lowest BCUT2D eigenvalue weighted by Gasteiger charge is -2.23. The Labute approximate surface area is 116 Å². The van der Waals surface area contributed by atoms with Gasteiger partial charge in [0.1, 0.15) is 0 Å². The normalized spacial score (nSPS) is 15.5. The molecule has 3 nitrogen and oxygen atoms in total. The van der Waals surface area contributed by atoms with E-state index in [1.807, 2.05) is 0 Å². The van der Waals surface area contributed by atoms with Gasteiger partial charge in [0.05, 0.1) is 13.2 Å².